The number of halogens is 1. The van der Waals surface area contributed by atoms with Crippen molar-refractivity contribution in [1.29, 1.82) is 0 Å². The minimum Gasteiger partial charge on any atom is -0.465 e. The van der Waals surface area contributed by atoms with E-state index in [0.717, 1.165) is 35.8 Å². The van der Waals surface area contributed by atoms with Gasteiger partial charge in [-0.05, 0) is 49.9 Å². The first kappa shape index (κ1) is 13.2. The summed E-state index contributed by atoms with van der Waals surface area (Å²) in [7, 11) is 0. The number of amides is 1. The zero-order valence-electron chi connectivity index (χ0n) is 10.0. The van der Waals surface area contributed by atoms with Gasteiger partial charge in [0.1, 0.15) is 0 Å². The third-order valence-electron chi connectivity index (χ3n) is 3.27. The Morgan fingerprint density at radius 3 is 2.22 bits per heavy atom. The molecule has 4 nitrogen and oxygen atoms in total. The molecule has 1 aliphatic carbocycles. The van der Waals surface area contributed by atoms with Crippen LogP contribution in [0.5, 0.6) is 0 Å². The van der Waals surface area contributed by atoms with Crippen molar-refractivity contribution in [2.24, 2.45) is 0 Å². The second-order valence-corrected chi connectivity index (χ2v) is 5.56. The smallest absolute Gasteiger partial charge is 0.404 e. The zero-order valence-corrected chi connectivity index (χ0v) is 11.6. The van der Waals surface area contributed by atoms with Crippen LogP contribution in [0.1, 0.15) is 25.7 Å². The average molecular weight is 313 g/mol. The van der Waals surface area contributed by atoms with Crippen LogP contribution in [0.4, 0.5) is 10.5 Å². The quantitative estimate of drug-likeness (QED) is 0.801. The Morgan fingerprint density at radius 1 is 1.11 bits per heavy atom. The summed E-state index contributed by atoms with van der Waals surface area (Å²) in [5.41, 5.74) is 1.12. The van der Waals surface area contributed by atoms with Gasteiger partial charge in [0.15, 0.2) is 0 Å². The fourth-order valence-electron chi connectivity index (χ4n) is 2.34. The SMILES string of the molecule is O=C(O)NC1CCC(Nc2ccc(Br)cc2)CC1. The summed E-state index contributed by atoms with van der Waals surface area (Å²) in [4.78, 5) is 10.5. The number of anilines is 1. The van der Waals surface area contributed by atoms with Crippen LogP contribution in [0, 0.1) is 0 Å². The predicted octanol–water partition coefficient (Wildman–Crippen LogP) is 3.44. The summed E-state index contributed by atoms with van der Waals surface area (Å²) in [6.45, 7) is 0. The van der Waals surface area contributed by atoms with Crippen molar-refractivity contribution >= 4 is 27.7 Å². The lowest BCUT2D eigenvalue weighted by molar-refractivity contribution is 0.185. The van der Waals surface area contributed by atoms with Crippen molar-refractivity contribution in [2.75, 3.05) is 5.32 Å². The maximum atomic E-state index is 10.5. The lowest BCUT2D eigenvalue weighted by Gasteiger charge is -2.29. The Hall–Kier alpha value is -1.23. The summed E-state index contributed by atoms with van der Waals surface area (Å²) in [5.74, 6) is 0. The van der Waals surface area contributed by atoms with E-state index in [1.165, 1.54) is 0 Å². The van der Waals surface area contributed by atoms with Gasteiger partial charge >= 0.3 is 6.09 Å². The first-order valence-corrected chi connectivity index (χ1v) is 6.94. The lowest BCUT2D eigenvalue weighted by Crippen LogP contribution is -2.39. The summed E-state index contributed by atoms with van der Waals surface area (Å²) < 4.78 is 1.07. The predicted molar refractivity (Wildman–Crippen MR) is 75.0 cm³/mol. The Morgan fingerprint density at radius 2 is 1.67 bits per heavy atom. The molecule has 0 heterocycles. The molecular formula is C13H17BrN2O2. The Balaban J connectivity index is 1.79. The van der Waals surface area contributed by atoms with Crippen molar-refractivity contribution in [2.45, 2.75) is 37.8 Å². The van der Waals surface area contributed by atoms with Crippen LogP contribution in [0.3, 0.4) is 0 Å². The largest absolute Gasteiger partial charge is 0.465 e. The Labute approximate surface area is 115 Å². The Kier molecular flexibility index (Phi) is 4.47. The average Bonchev–Trinajstić information content (AvgIpc) is 2.34. The van der Waals surface area contributed by atoms with Gasteiger partial charge in [-0.25, -0.2) is 4.79 Å². The molecule has 0 aliphatic heterocycles. The molecule has 1 amide bonds. The monoisotopic (exact) mass is 312 g/mol. The number of hydrogen-bond donors (Lipinski definition) is 3. The molecule has 0 bridgehead atoms. The number of nitrogens with one attached hydrogen (secondary N) is 2. The van der Waals surface area contributed by atoms with E-state index in [1.54, 1.807) is 0 Å². The van der Waals surface area contributed by atoms with Crippen LogP contribution in [-0.2, 0) is 0 Å². The molecule has 0 aromatic heterocycles. The highest BCUT2D eigenvalue weighted by molar-refractivity contribution is 9.10. The van der Waals surface area contributed by atoms with Crippen molar-refractivity contribution < 1.29 is 9.90 Å². The molecule has 2 rings (SSSR count). The number of carboxylic acid groups (broad SMARTS) is 1. The molecule has 3 N–H and O–H groups in total. The van der Waals surface area contributed by atoms with Crippen LogP contribution in [0.15, 0.2) is 28.7 Å². The van der Waals surface area contributed by atoms with Crippen LogP contribution in [0.25, 0.3) is 0 Å². The highest BCUT2D eigenvalue weighted by Crippen LogP contribution is 2.23. The molecule has 0 radical (unpaired) electrons. The summed E-state index contributed by atoms with van der Waals surface area (Å²) in [6.07, 6.45) is 2.89. The van der Waals surface area contributed by atoms with Gasteiger partial charge in [-0.1, -0.05) is 15.9 Å². The van der Waals surface area contributed by atoms with Crippen molar-refractivity contribution in [3.63, 3.8) is 0 Å². The van der Waals surface area contributed by atoms with Gasteiger partial charge < -0.3 is 15.7 Å². The van der Waals surface area contributed by atoms with E-state index in [4.69, 9.17) is 5.11 Å². The fourth-order valence-corrected chi connectivity index (χ4v) is 2.60. The van der Waals surface area contributed by atoms with Crippen LogP contribution in [0.2, 0.25) is 0 Å². The molecule has 1 saturated carbocycles. The molecule has 0 unspecified atom stereocenters. The first-order valence-electron chi connectivity index (χ1n) is 6.15. The van der Waals surface area contributed by atoms with E-state index in [2.05, 4.69) is 26.6 Å². The summed E-state index contributed by atoms with van der Waals surface area (Å²) >= 11 is 3.41. The van der Waals surface area contributed by atoms with Gasteiger partial charge in [-0.2, -0.15) is 0 Å². The van der Waals surface area contributed by atoms with E-state index in [9.17, 15) is 4.79 Å². The minimum absolute atomic E-state index is 0.116. The van der Waals surface area contributed by atoms with Gasteiger partial charge in [0.2, 0.25) is 0 Å². The number of benzene rings is 1. The lowest BCUT2D eigenvalue weighted by atomic mass is 9.91. The molecule has 18 heavy (non-hydrogen) atoms. The first-order chi connectivity index (χ1) is 8.63. The van der Waals surface area contributed by atoms with Gasteiger partial charge in [-0.15, -0.1) is 0 Å². The Bertz CT molecular complexity index is 400. The molecule has 5 heteroatoms. The highest BCUT2D eigenvalue weighted by atomic mass is 79.9. The van der Waals surface area contributed by atoms with Gasteiger partial charge in [0.25, 0.3) is 0 Å². The van der Waals surface area contributed by atoms with Gasteiger partial charge in [0, 0.05) is 22.2 Å². The van der Waals surface area contributed by atoms with E-state index >= 15 is 0 Å². The van der Waals surface area contributed by atoms with E-state index in [0.29, 0.717) is 6.04 Å². The summed E-state index contributed by atoms with van der Waals surface area (Å²) in [6, 6.07) is 8.68. The fraction of sp³-hybridized carbons (Fsp3) is 0.462. The maximum Gasteiger partial charge on any atom is 0.404 e. The zero-order chi connectivity index (χ0) is 13.0. The van der Waals surface area contributed by atoms with Crippen molar-refractivity contribution in [3.05, 3.63) is 28.7 Å². The molecule has 0 atom stereocenters. The molecule has 1 aromatic carbocycles. The molecule has 1 aromatic rings. The minimum atomic E-state index is -0.917. The number of carbonyl (C=O) groups is 1. The third kappa shape index (κ3) is 3.91. The standard InChI is InChI=1S/C13H17BrN2O2/c14-9-1-3-10(4-2-9)15-11-5-7-12(8-6-11)16-13(17)18/h1-4,11-12,15-16H,5-8H2,(H,17,18). The molecule has 0 saturated heterocycles. The summed E-state index contributed by atoms with van der Waals surface area (Å²) in [5, 5.41) is 14.7. The number of rotatable bonds is 3. The molecule has 1 aliphatic rings. The van der Waals surface area contributed by atoms with Gasteiger partial charge in [0.05, 0.1) is 0 Å². The van der Waals surface area contributed by atoms with Crippen molar-refractivity contribution in [1.82, 2.24) is 5.32 Å². The number of hydrogen-bond acceptors (Lipinski definition) is 2. The van der Waals surface area contributed by atoms with E-state index in [1.807, 2.05) is 24.3 Å². The molecule has 0 spiro atoms. The normalized spacial score (nSPS) is 23.4. The van der Waals surface area contributed by atoms with Crippen LogP contribution < -0.4 is 10.6 Å². The third-order valence-corrected chi connectivity index (χ3v) is 3.80. The van der Waals surface area contributed by atoms with Crippen LogP contribution >= 0.6 is 15.9 Å². The van der Waals surface area contributed by atoms with Crippen molar-refractivity contribution in [3.8, 4) is 0 Å². The van der Waals surface area contributed by atoms with Gasteiger partial charge in [-0.3, -0.25) is 0 Å². The molecule has 1 fully saturated rings. The highest BCUT2D eigenvalue weighted by Gasteiger charge is 2.21. The molecule has 98 valence electrons. The molecular weight excluding hydrogens is 296 g/mol. The second kappa shape index (κ2) is 6.09. The van der Waals surface area contributed by atoms with E-state index in [-0.39, 0.29) is 6.04 Å². The topological polar surface area (TPSA) is 61.4 Å². The van der Waals surface area contributed by atoms with Crippen LogP contribution in [-0.4, -0.2) is 23.3 Å². The second-order valence-electron chi connectivity index (χ2n) is 4.65. The van der Waals surface area contributed by atoms with E-state index < -0.39 is 6.09 Å². The maximum absolute atomic E-state index is 10.5.